The van der Waals surface area contributed by atoms with Gasteiger partial charge in [0.2, 0.25) is 11.8 Å². The molecule has 0 aliphatic carbocycles. The molecule has 1 heterocycles. The summed E-state index contributed by atoms with van der Waals surface area (Å²) in [6, 6.07) is 0.924. The van der Waals surface area contributed by atoms with Gasteiger partial charge >= 0.3 is 5.97 Å². The molecule has 0 spiro atoms. The van der Waals surface area contributed by atoms with Crippen molar-refractivity contribution in [2.75, 3.05) is 12.4 Å². The monoisotopic (exact) mass is 211 g/mol. The molecular weight excluding hydrogens is 198 g/mol. The van der Waals surface area contributed by atoms with Gasteiger partial charge in [-0.1, -0.05) is 0 Å². The average molecular weight is 211 g/mol. The number of carbonyl (C=O) groups is 1. The summed E-state index contributed by atoms with van der Waals surface area (Å²) < 4.78 is 4.94. The number of aromatic nitrogens is 2. The Morgan fingerprint density at radius 3 is 2.80 bits per heavy atom. The quantitative estimate of drug-likeness (QED) is 0.761. The number of hydrogen-bond donors (Lipinski definition) is 2. The third kappa shape index (κ3) is 3.08. The first-order valence-corrected chi connectivity index (χ1v) is 4.42. The van der Waals surface area contributed by atoms with Crippen molar-refractivity contribution in [3.63, 3.8) is 0 Å². The van der Waals surface area contributed by atoms with Gasteiger partial charge in [0.05, 0.1) is 7.11 Å². The van der Waals surface area contributed by atoms with E-state index in [0.29, 0.717) is 11.6 Å². The molecule has 1 unspecified atom stereocenters. The summed E-state index contributed by atoms with van der Waals surface area (Å²) >= 11 is 0. The molecule has 0 aromatic carbocycles. The smallest absolute Gasteiger partial charge is 0.325 e. The average Bonchev–Trinajstić information content (AvgIpc) is 2.16. The Balaban J connectivity index is 2.85. The van der Waals surface area contributed by atoms with E-state index in [2.05, 4.69) is 15.3 Å². The van der Waals surface area contributed by atoms with E-state index in [1.165, 1.54) is 14.0 Å². The third-order valence-corrected chi connectivity index (χ3v) is 1.76. The zero-order valence-corrected chi connectivity index (χ0v) is 8.81. The second kappa shape index (κ2) is 4.59. The van der Waals surface area contributed by atoms with E-state index in [9.17, 15) is 4.79 Å². The van der Waals surface area contributed by atoms with Gasteiger partial charge in [-0.05, 0) is 13.8 Å². The van der Waals surface area contributed by atoms with Crippen LogP contribution in [0.3, 0.4) is 0 Å². The molecule has 15 heavy (non-hydrogen) atoms. The minimum absolute atomic E-state index is 0.252. The number of carboxylic acids is 1. The van der Waals surface area contributed by atoms with Crippen molar-refractivity contribution >= 4 is 11.9 Å². The number of rotatable bonds is 4. The number of aliphatic carboxylic acids is 1. The van der Waals surface area contributed by atoms with Crippen LogP contribution in [0, 0.1) is 6.92 Å². The maximum Gasteiger partial charge on any atom is 0.325 e. The van der Waals surface area contributed by atoms with E-state index >= 15 is 0 Å². The highest BCUT2D eigenvalue weighted by molar-refractivity contribution is 5.75. The van der Waals surface area contributed by atoms with Crippen molar-refractivity contribution in [1.29, 1.82) is 0 Å². The molecular formula is C9H13N3O3. The maximum absolute atomic E-state index is 10.6. The Hall–Kier alpha value is -1.85. The van der Waals surface area contributed by atoms with Crippen LogP contribution in [-0.2, 0) is 4.79 Å². The fourth-order valence-corrected chi connectivity index (χ4v) is 0.964. The lowest BCUT2D eigenvalue weighted by Crippen LogP contribution is -2.26. The van der Waals surface area contributed by atoms with Gasteiger partial charge in [0.25, 0.3) is 0 Å². The number of ether oxygens (including phenoxy) is 1. The molecule has 6 nitrogen and oxygen atoms in total. The Bertz CT molecular complexity index is 368. The first kappa shape index (κ1) is 11.2. The molecule has 2 N–H and O–H groups in total. The predicted octanol–water partition coefficient (Wildman–Crippen LogP) is 0.679. The molecule has 6 heteroatoms. The molecule has 0 saturated heterocycles. The van der Waals surface area contributed by atoms with Gasteiger partial charge < -0.3 is 15.2 Å². The van der Waals surface area contributed by atoms with Gasteiger partial charge in [-0.15, -0.1) is 0 Å². The number of anilines is 1. The maximum atomic E-state index is 10.6. The summed E-state index contributed by atoms with van der Waals surface area (Å²) in [7, 11) is 1.49. The SMILES string of the molecule is COc1cc(C)nc(NC(C)C(=O)O)n1. The number of carboxylic acid groups (broad SMARTS) is 1. The van der Waals surface area contributed by atoms with Crippen molar-refractivity contribution in [2.24, 2.45) is 0 Å². The third-order valence-electron chi connectivity index (χ3n) is 1.76. The van der Waals surface area contributed by atoms with Gasteiger partial charge in [-0.25, -0.2) is 4.98 Å². The van der Waals surface area contributed by atoms with Crippen LogP contribution >= 0.6 is 0 Å². The summed E-state index contributed by atoms with van der Waals surface area (Å²) in [6.45, 7) is 3.29. The Morgan fingerprint density at radius 2 is 2.27 bits per heavy atom. The molecule has 1 rings (SSSR count). The molecule has 0 amide bonds. The first-order chi connectivity index (χ1) is 7.02. The highest BCUT2D eigenvalue weighted by Gasteiger charge is 2.12. The normalized spacial score (nSPS) is 11.9. The van der Waals surface area contributed by atoms with E-state index < -0.39 is 12.0 Å². The number of methoxy groups -OCH3 is 1. The van der Waals surface area contributed by atoms with E-state index in [4.69, 9.17) is 9.84 Å². The Kier molecular flexibility index (Phi) is 3.43. The van der Waals surface area contributed by atoms with Crippen molar-refractivity contribution in [1.82, 2.24) is 9.97 Å². The second-order valence-electron chi connectivity index (χ2n) is 3.08. The van der Waals surface area contributed by atoms with Crippen LogP contribution in [-0.4, -0.2) is 34.2 Å². The van der Waals surface area contributed by atoms with Gasteiger partial charge in [0.15, 0.2) is 0 Å². The van der Waals surface area contributed by atoms with E-state index in [-0.39, 0.29) is 5.95 Å². The lowest BCUT2D eigenvalue weighted by molar-refractivity contribution is -0.137. The van der Waals surface area contributed by atoms with Gasteiger partial charge in [-0.2, -0.15) is 4.98 Å². The number of nitrogens with zero attached hydrogens (tertiary/aromatic N) is 2. The van der Waals surface area contributed by atoms with Crippen molar-refractivity contribution in [2.45, 2.75) is 19.9 Å². The lowest BCUT2D eigenvalue weighted by Gasteiger charge is -2.10. The van der Waals surface area contributed by atoms with Crippen LogP contribution in [0.1, 0.15) is 12.6 Å². The molecule has 0 bridgehead atoms. The van der Waals surface area contributed by atoms with Gasteiger partial charge in [-0.3, -0.25) is 4.79 Å². The van der Waals surface area contributed by atoms with Crippen LogP contribution in [0.4, 0.5) is 5.95 Å². The first-order valence-electron chi connectivity index (χ1n) is 4.42. The second-order valence-corrected chi connectivity index (χ2v) is 3.08. The van der Waals surface area contributed by atoms with Crippen LogP contribution in [0.25, 0.3) is 0 Å². The van der Waals surface area contributed by atoms with Crippen LogP contribution in [0.2, 0.25) is 0 Å². The van der Waals surface area contributed by atoms with Crippen molar-refractivity contribution in [3.05, 3.63) is 11.8 Å². The highest BCUT2D eigenvalue weighted by Crippen LogP contribution is 2.11. The highest BCUT2D eigenvalue weighted by atomic mass is 16.5. The number of hydrogen-bond acceptors (Lipinski definition) is 5. The molecule has 0 saturated carbocycles. The molecule has 1 aromatic heterocycles. The molecule has 82 valence electrons. The summed E-state index contributed by atoms with van der Waals surface area (Å²) in [6.07, 6.45) is 0. The van der Waals surface area contributed by atoms with Crippen LogP contribution in [0.15, 0.2) is 6.07 Å². The predicted molar refractivity (Wildman–Crippen MR) is 54.0 cm³/mol. The van der Waals surface area contributed by atoms with Gasteiger partial charge in [0, 0.05) is 11.8 Å². The Morgan fingerprint density at radius 1 is 1.60 bits per heavy atom. The fourth-order valence-electron chi connectivity index (χ4n) is 0.964. The molecule has 0 aliphatic heterocycles. The standard InChI is InChI=1S/C9H13N3O3/c1-5-4-7(15-3)12-9(10-5)11-6(2)8(13)14/h4,6H,1-3H3,(H,13,14)(H,10,11,12). The fraction of sp³-hybridized carbons (Fsp3) is 0.444. The number of nitrogens with one attached hydrogen (secondary N) is 1. The molecule has 1 aromatic rings. The summed E-state index contributed by atoms with van der Waals surface area (Å²) in [5, 5.41) is 11.3. The minimum Gasteiger partial charge on any atom is -0.481 e. The zero-order valence-electron chi connectivity index (χ0n) is 8.81. The zero-order chi connectivity index (χ0) is 11.4. The van der Waals surface area contributed by atoms with Crippen LogP contribution in [0.5, 0.6) is 5.88 Å². The Labute approximate surface area is 87.3 Å². The molecule has 0 fully saturated rings. The van der Waals surface area contributed by atoms with E-state index in [1.807, 2.05) is 0 Å². The molecule has 1 atom stereocenters. The topological polar surface area (TPSA) is 84.3 Å². The summed E-state index contributed by atoms with van der Waals surface area (Å²) in [5.74, 6) is -0.302. The molecule has 0 aliphatic rings. The van der Waals surface area contributed by atoms with E-state index in [1.54, 1.807) is 13.0 Å². The summed E-state index contributed by atoms with van der Waals surface area (Å²) in [5.41, 5.74) is 0.710. The molecule has 0 radical (unpaired) electrons. The minimum atomic E-state index is -0.959. The number of aryl methyl sites for hydroxylation is 1. The summed E-state index contributed by atoms with van der Waals surface area (Å²) in [4.78, 5) is 18.6. The van der Waals surface area contributed by atoms with Gasteiger partial charge in [0.1, 0.15) is 6.04 Å². The largest absolute Gasteiger partial charge is 0.481 e. The lowest BCUT2D eigenvalue weighted by atomic mass is 10.3. The van der Waals surface area contributed by atoms with Crippen molar-refractivity contribution < 1.29 is 14.6 Å². The van der Waals surface area contributed by atoms with E-state index in [0.717, 1.165) is 0 Å². The van der Waals surface area contributed by atoms with Crippen molar-refractivity contribution in [3.8, 4) is 5.88 Å². The van der Waals surface area contributed by atoms with Crippen LogP contribution < -0.4 is 10.1 Å².